The van der Waals surface area contributed by atoms with E-state index in [1.165, 1.54) is 45.9 Å². The molecule has 14 heteroatoms. The van der Waals surface area contributed by atoms with Crippen LogP contribution < -0.4 is 5.32 Å². The highest BCUT2D eigenvalue weighted by atomic mass is 32.2. The van der Waals surface area contributed by atoms with Crippen LogP contribution in [0.2, 0.25) is 0 Å². The van der Waals surface area contributed by atoms with Gasteiger partial charge in [0.25, 0.3) is 30.4 Å². The molecule has 0 atom stereocenters. The summed E-state index contributed by atoms with van der Waals surface area (Å²) >= 11 is 0. The molecule has 1 amide bonds. The zero-order valence-electron chi connectivity index (χ0n) is 20.9. The Morgan fingerprint density at radius 3 is 1.63 bits per heavy atom. The molecule has 0 aliphatic rings. The Morgan fingerprint density at radius 1 is 0.658 bits per heavy atom. The van der Waals surface area contributed by atoms with Gasteiger partial charge in [-0.1, -0.05) is 6.07 Å². The molecule has 0 unspecified atom stereocenters. The van der Waals surface area contributed by atoms with Crippen LogP contribution in [-0.2, 0) is 35.1 Å². The van der Waals surface area contributed by atoms with Crippen molar-refractivity contribution in [1.29, 1.82) is 0 Å². The Hall–Kier alpha value is -3.14. The summed E-state index contributed by atoms with van der Waals surface area (Å²) in [6.45, 7) is 7.08. The molecule has 0 aliphatic heterocycles. The molecule has 0 aromatic heterocycles. The molecule has 0 heterocycles. The van der Waals surface area contributed by atoms with Crippen molar-refractivity contribution >= 4 is 41.9 Å². The molecular weight excluding hydrogens is 558 g/mol. The second-order valence-electron chi connectivity index (χ2n) is 8.84. The van der Waals surface area contributed by atoms with Gasteiger partial charge in [0, 0.05) is 23.7 Å². The molecular formula is C24H25NO10S3. The molecule has 0 spiro atoms. The van der Waals surface area contributed by atoms with E-state index < -0.39 is 50.9 Å². The maximum absolute atomic E-state index is 12.7. The summed E-state index contributed by atoms with van der Waals surface area (Å²) < 4.78 is 103. The summed E-state index contributed by atoms with van der Waals surface area (Å²) in [5.41, 5.74) is 0.711. The molecule has 0 fully saturated rings. The minimum atomic E-state index is -4.96. The summed E-state index contributed by atoms with van der Waals surface area (Å²) in [6.07, 6.45) is 0. The number of aryl methyl sites for hydroxylation is 4. The highest BCUT2D eigenvalue weighted by Crippen LogP contribution is 2.46. The van der Waals surface area contributed by atoms with Crippen molar-refractivity contribution in [3.05, 3.63) is 58.7 Å². The lowest BCUT2D eigenvalue weighted by atomic mass is 9.85. The van der Waals surface area contributed by atoms with Gasteiger partial charge in [0.1, 0.15) is 9.79 Å². The fourth-order valence-electron chi connectivity index (χ4n) is 4.59. The predicted octanol–water partition coefficient (Wildman–Crippen LogP) is 3.95. The van der Waals surface area contributed by atoms with E-state index in [9.17, 15) is 43.7 Å². The molecule has 3 rings (SSSR count). The van der Waals surface area contributed by atoms with Crippen molar-refractivity contribution in [1.82, 2.24) is 0 Å². The third-order valence-electron chi connectivity index (χ3n) is 5.82. The standard InChI is InChI=1S/C24H25NO10S3/c1-12-8-15(4)24(38(33,34)35)23(21-13(2)9-18(10-14(21)3)36(27,28)29)22(12)19-11-17(25-16(5)26)6-7-20(19)37(30,31)32/h6-11H,1-5H3,(H,25,26)(H,27,28,29)(H,30,31,32)(H,33,34,35). The SMILES string of the molecule is CC(=O)Nc1ccc(S(=O)(=O)O)c(-c2c(C)cc(C)c(S(=O)(=O)O)c2-c2c(C)cc(S(=O)(=O)O)cc2C)c1. The van der Waals surface area contributed by atoms with Crippen LogP contribution in [0.1, 0.15) is 29.2 Å². The van der Waals surface area contributed by atoms with Crippen LogP contribution in [0.4, 0.5) is 5.69 Å². The number of benzene rings is 3. The van der Waals surface area contributed by atoms with Crippen LogP contribution in [0.5, 0.6) is 0 Å². The van der Waals surface area contributed by atoms with E-state index in [1.54, 1.807) is 6.92 Å². The van der Waals surface area contributed by atoms with Gasteiger partial charge in [0.05, 0.1) is 4.90 Å². The quantitative estimate of drug-likeness (QED) is 0.309. The Labute approximate surface area is 220 Å². The van der Waals surface area contributed by atoms with Gasteiger partial charge < -0.3 is 5.32 Å². The second kappa shape index (κ2) is 9.87. The van der Waals surface area contributed by atoms with E-state index in [4.69, 9.17) is 0 Å². The fourth-order valence-corrected chi connectivity index (χ4v) is 6.84. The van der Waals surface area contributed by atoms with E-state index in [-0.39, 0.29) is 44.6 Å². The monoisotopic (exact) mass is 583 g/mol. The average molecular weight is 584 g/mol. The maximum Gasteiger partial charge on any atom is 0.295 e. The summed E-state index contributed by atoms with van der Waals surface area (Å²) in [5.74, 6) is -0.484. The summed E-state index contributed by atoms with van der Waals surface area (Å²) in [4.78, 5) is 10.0. The zero-order chi connectivity index (χ0) is 29.0. The molecule has 0 radical (unpaired) electrons. The molecule has 0 saturated heterocycles. The lowest BCUT2D eigenvalue weighted by Gasteiger charge is -2.23. The molecule has 4 N–H and O–H groups in total. The van der Waals surface area contributed by atoms with Crippen molar-refractivity contribution < 1.29 is 43.7 Å². The number of amides is 1. The van der Waals surface area contributed by atoms with E-state index in [0.717, 1.165) is 18.2 Å². The predicted molar refractivity (Wildman–Crippen MR) is 140 cm³/mol. The number of carbonyl (C=O) groups is 1. The topological polar surface area (TPSA) is 192 Å². The lowest BCUT2D eigenvalue weighted by Crippen LogP contribution is -2.11. The summed E-state index contributed by atoms with van der Waals surface area (Å²) in [6, 6.07) is 7.11. The van der Waals surface area contributed by atoms with E-state index in [0.29, 0.717) is 5.56 Å². The molecule has 204 valence electrons. The van der Waals surface area contributed by atoms with Gasteiger partial charge in [-0.25, -0.2) is 0 Å². The van der Waals surface area contributed by atoms with Crippen LogP contribution in [0.25, 0.3) is 22.3 Å². The largest absolute Gasteiger partial charge is 0.326 e. The van der Waals surface area contributed by atoms with Crippen molar-refractivity contribution in [2.24, 2.45) is 0 Å². The van der Waals surface area contributed by atoms with Gasteiger partial charge in [0.2, 0.25) is 5.91 Å². The Bertz CT molecular complexity index is 1800. The van der Waals surface area contributed by atoms with Crippen molar-refractivity contribution in [3.63, 3.8) is 0 Å². The Morgan fingerprint density at radius 2 is 1.18 bits per heavy atom. The van der Waals surface area contributed by atoms with Crippen LogP contribution in [-0.4, -0.2) is 44.8 Å². The molecule has 3 aromatic carbocycles. The van der Waals surface area contributed by atoms with Gasteiger partial charge in [0.15, 0.2) is 0 Å². The van der Waals surface area contributed by atoms with Gasteiger partial charge in [-0.05, 0) is 91.4 Å². The Balaban J connectivity index is 2.68. The average Bonchev–Trinajstić information content (AvgIpc) is 2.70. The molecule has 0 bridgehead atoms. The third-order valence-corrected chi connectivity index (χ3v) is 8.61. The van der Waals surface area contributed by atoms with Crippen LogP contribution in [0.3, 0.4) is 0 Å². The first kappa shape index (κ1) is 29.4. The molecule has 0 saturated carbocycles. The zero-order valence-corrected chi connectivity index (χ0v) is 23.3. The molecule has 3 aromatic rings. The van der Waals surface area contributed by atoms with Crippen LogP contribution >= 0.6 is 0 Å². The number of nitrogens with one attached hydrogen (secondary N) is 1. The minimum absolute atomic E-state index is 0.0196. The van der Waals surface area contributed by atoms with Gasteiger partial charge >= 0.3 is 0 Å². The van der Waals surface area contributed by atoms with E-state index >= 15 is 0 Å². The second-order valence-corrected chi connectivity index (χ2v) is 13.0. The first-order valence-corrected chi connectivity index (χ1v) is 15.2. The van der Waals surface area contributed by atoms with Crippen molar-refractivity contribution in [2.45, 2.75) is 49.3 Å². The van der Waals surface area contributed by atoms with Crippen LogP contribution in [0, 0.1) is 27.7 Å². The minimum Gasteiger partial charge on any atom is -0.326 e. The normalized spacial score (nSPS) is 12.4. The highest BCUT2D eigenvalue weighted by Gasteiger charge is 2.30. The first-order valence-electron chi connectivity index (χ1n) is 10.8. The van der Waals surface area contributed by atoms with E-state index in [1.807, 2.05) is 0 Å². The fraction of sp³-hybridized carbons (Fsp3) is 0.208. The highest BCUT2D eigenvalue weighted by molar-refractivity contribution is 7.86. The maximum atomic E-state index is 12.7. The van der Waals surface area contributed by atoms with Gasteiger partial charge in [-0.2, -0.15) is 25.3 Å². The number of rotatable bonds is 6. The third kappa shape index (κ3) is 5.80. The smallest absolute Gasteiger partial charge is 0.295 e. The molecule has 11 nitrogen and oxygen atoms in total. The van der Waals surface area contributed by atoms with Gasteiger partial charge in [-0.3, -0.25) is 18.5 Å². The number of carbonyl (C=O) groups excluding carboxylic acids is 1. The lowest BCUT2D eigenvalue weighted by molar-refractivity contribution is -0.114. The van der Waals surface area contributed by atoms with Crippen molar-refractivity contribution in [3.8, 4) is 22.3 Å². The number of hydrogen-bond donors (Lipinski definition) is 4. The number of anilines is 1. The summed E-state index contributed by atoms with van der Waals surface area (Å²) in [5, 5.41) is 2.50. The Kier molecular flexibility index (Phi) is 7.64. The number of hydrogen-bond acceptors (Lipinski definition) is 7. The van der Waals surface area contributed by atoms with Gasteiger partial charge in [-0.15, -0.1) is 0 Å². The van der Waals surface area contributed by atoms with E-state index in [2.05, 4.69) is 5.32 Å². The first-order chi connectivity index (χ1) is 17.2. The van der Waals surface area contributed by atoms with Crippen LogP contribution in [0.15, 0.2) is 51.1 Å². The van der Waals surface area contributed by atoms with Crippen molar-refractivity contribution in [2.75, 3.05) is 5.32 Å². The molecule has 0 aliphatic carbocycles. The molecule has 38 heavy (non-hydrogen) atoms. The summed E-state index contributed by atoms with van der Waals surface area (Å²) in [7, 11) is -14.5.